The fraction of sp³-hybridized carbons (Fsp3) is 0.333. The molecule has 30 heavy (non-hydrogen) atoms. The zero-order valence-electron chi connectivity index (χ0n) is 17.0. The van der Waals surface area contributed by atoms with Crippen molar-refractivity contribution in [1.82, 2.24) is 19.6 Å². The number of aryl methyl sites for hydroxylation is 2. The molecule has 9 heteroatoms. The van der Waals surface area contributed by atoms with Crippen LogP contribution in [0.3, 0.4) is 0 Å². The van der Waals surface area contributed by atoms with E-state index in [4.69, 9.17) is 4.74 Å². The largest absolute Gasteiger partial charge is 0.457 e. The molecule has 9 nitrogen and oxygen atoms in total. The average molecular weight is 407 g/mol. The van der Waals surface area contributed by atoms with E-state index in [9.17, 15) is 14.4 Å². The zero-order chi connectivity index (χ0) is 21.4. The molecule has 0 radical (unpaired) electrons. The van der Waals surface area contributed by atoms with E-state index in [0.717, 1.165) is 28.2 Å². The normalized spacial score (nSPS) is 13.0. The first-order chi connectivity index (χ1) is 14.3. The number of rotatable bonds is 6. The van der Waals surface area contributed by atoms with Gasteiger partial charge in [0.05, 0.1) is 6.42 Å². The summed E-state index contributed by atoms with van der Waals surface area (Å²) in [6.45, 7) is 3.43. The van der Waals surface area contributed by atoms with Crippen molar-refractivity contribution in [1.29, 1.82) is 0 Å². The third kappa shape index (κ3) is 3.54. The van der Waals surface area contributed by atoms with Crippen LogP contribution in [0.2, 0.25) is 0 Å². The van der Waals surface area contributed by atoms with Gasteiger partial charge in [-0.2, -0.15) is 10.1 Å². The van der Waals surface area contributed by atoms with Crippen LogP contribution in [0.25, 0.3) is 5.78 Å². The molecule has 3 aromatic rings. The van der Waals surface area contributed by atoms with Gasteiger partial charge in [-0.1, -0.05) is 0 Å². The maximum absolute atomic E-state index is 12.4. The van der Waals surface area contributed by atoms with E-state index in [0.29, 0.717) is 17.8 Å². The summed E-state index contributed by atoms with van der Waals surface area (Å²) >= 11 is 0. The molecule has 0 aliphatic carbocycles. The minimum atomic E-state index is -0.461. The molecule has 0 bridgehead atoms. The van der Waals surface area contributed by atoms with E-state index in [-0.39, 0.29) is 31.1 Å². The molecular formula is C21H21N5O4. The van der Waals surface area contributed by atoms with Crippen LogP contribution >= 0.6 is 0 Å². The van der Waals surface area contributed by atoms with Crippen molar-refractivity contribution in [2.24, 2.45) is 0 Å². The van der Waals surface area contributed by atoms with Crippen molar-refractivity contribution in [2.75, 3.05) is 18.6 Å². The molecule has 1 aliphatic heterocycles. The number of fused-ring (bicyclic) bond motifs is 2. The maximum atomic E-state index is 12.4. The second-order valence-electron chi connectivity index (χ2n) is 7.29. The lowest BCUT2D eigenvalue weighted by molar-refractivity contribution is -0.142. The van der Waals surface area contributed by atoms with Gasteiger partial charge in [0.1, 0.15) is 6.33 Å². The Hall–Kier alpha value is -3.62. The number of likely N-dealkylation sites (N-methyl/N-ethyl adjacent to an activating group) is 1. The number of benzene rings is 1. The number of Topliss-reactive ketones (excluding diaryl/α,β-unsaturated/α-hetero) is 1. The smallest absolute Gasteiger partial charge is 0.306 e. The van der Waals surface area contributed by atoms with E-state index < -0.39 is 5.97 Å². The van der Waals surface area contributed by atoms with Gasteiger partial charge < -0.3 is 9.64 Å². The highest BCUT2D eigenvalue weighted by atomic mass is 16.5. The average Bonchev–Trinajstić information content (AvgIpc) is 3.30. The Labute approximate surface area is 172 Å². The Morgan fingerprint density at radius 3 is 2.83 bits per heavy atom. The van der Waals surface area contributed by atoms with Crippen LogP contribution in [0.15, 0.2) is 24.5 Å². The number of aromatic nitrogens is 4. The molecule has 0 spiro atoms. The van der Waals surface area contributed by atoms with Crippen molar-refractivity contribution in [3.05, 3.63) is 52.6 Å². The second kappa shape index (κ2) is 7.66. The molecule has 0 N–H and O–H groups in total. The van der Waals surface area contributed by atoms with Crippen LogP contribution in [0.4, 0.5) is 5.69 Å². The van der Waals surface area contributed by atoms with Gasteiger partial charge in [0.25, 0.3) is 5.78 Å². The fourth-order valence-corrected chi connectivity index (χ4v) is 3.69. The molecule has 0 fully saturated rings. The van der Waals surface area contributed by atoms with E-state index in [2.05, 4.69) is 15.1 Å². The van der Waals surface area contributed by atoms with Crippen LogP contribution in [-0.4, -0.2) is 50.9 Å². The van der Waals surface area contributed by atoms with Crippen molar-refractivity contribution >= 4 is 29.1 Å². The van der Waals surface area contributed by atoms with Crippen LogP contribution in [-0.2, 0) is 27.2 Å². The van der Waals surface area contributed by atoms with Gasteiger partial charge in [-0.3, -0.25) is 14.4 Å². The molecule has 3 heterocycles. The van der Waals surface area contributed by atoms with E-state index in [1.807, 2.05) is 13.8 Å². The minimum Gasteiger partial charge on any atom is -0.457 e. The molecule has 1 aromatic carbocycles. The molecule has 0 atom stereocenters. The highest BCUT2D eigenvalue weighted by molar-refractivity contribution is 6.03. The number of ketones is 1. The maximum Gasteiger partial charge on any atom is 0.306 e. The lowest BCUT2D eigenvalue weighted by atomic mass is 10.1. The number of carbonyl (C=O) groups excluding carboxylic acids is 3. The Balaban J connectivity index is 1.35. The quantitative estimate of drug-likeness (QED) is 0.451. The lowest BCUT2D eigenvalue weighted by Gasteiger charge is -2.11. The van der Waals surface area contributed by atoms with Gasteiger partial charge in [-0.25, -0.2) is 9.50 Å². The molecule has 0 saturated carbocycles. The summed E-state index contributed by atoms with van der Waals surface area (Å²) in [7, 11) is 1.71. The van der Waals surface area contributed by atoms with E-state index in [1.54, 1.807) is 34.7 Å². The Morgan fingerprint density at radius 2 is 2.03 bits per heavy atom. The monoisotopic (exact) mass is 407 g/mol. The van der Waals surface area contributed by atoms with Gasteiger partial charge >= 0.3 is 5.97 Å². The Morgan fingerprint density at radius 1 is 1.23 bits per heavy atom. The number of esters is 1. The van der Waals surface area contributed by atoms with Gasteiger partial charge in [0.2, 0.25) is 5.91 Å². The molecule has 1 amide bonds. The Bertz CT molecular complexity index is 1180. The lowest BCUT2D eigenvalue weighted by Crippen LogP contribution is -2.20. The van der Waals surface area contributed by atoms with E-state index in [1.165, 1.54) is 6.33 Å². The van der Waals surface area contributed by atoms with Gasteiger partial charge in [0.15, 0.2) is 12.4 Å². The summed E-state index contributed by atoms with van der Waals surface area (Å²) in [5, 5.41) is 4.13. The molecular weight excluding hydrogens is 386 g/mol. The SMILES string of the molecule is Cc1nc2ncnn2c(C)c1CCC(=O)OCC(=O)c1ccc2c(c1)CC(=O)N2C. The summed E-state index contributed by atoms with van der Waals surface area (Å²) < 4.78 is 6.80. The van der Waals surface area contributed by atoms with Crippen molar-refractivity contribution in [3.8, 4) is 0 Å². The molecule has 2 aromatic heterocycles. The Kier molecular flexibility index (Phi) is 5.03. The number of anilines is 1. The molecule has 4 rings (SSSR count). The summed E-state index contributed by atoms with van der Waals surface area (Å²) in [4.78, 5) is 46.4. The summed E-state index contributed by atoms with van der Waals surface area (Å²) in [6.07, 6.45) is 2.27. The number of amides is 1. The van der Waals surface area contributed by atoms with Crippen molar-refractivity contribution in [2.45, 2.75) is 33.1 Å². The van der Waals surface area contributed by atoms with Gasteiger partial charge in [-0.15, -0.1) is 0 Å². The third-order valence-corrected chi connectivity index (χ3v) is 5.41. The predicted octanol–water partition coefficient (Wildman–Crippen LogP) is 1.62. The van der Waals surface area contributed by atoms with Crippen molar-refractivity contribution < 1.29 is 19.1 Å². The fourth-order valence-electron chi connectivity index (χ4n) is 3.69. The summed E-state index contributed by atoms with van der Waals surface area (Å²) in [5.41, 5.74) is 4.60. The molecule has 1 aliphatic rings. The highest BCUT2D eigenvalue weighted by Crippen LogP contribution is 2.28. The number of nitrogens with zero attached hydrogens (tertiary/aromatic N) is 5. The van der Waals surface area contributed by atoms with Crippen molar-refractivity contribution in [3.63, 3.8) is 0 Å². The highest BCUT2D eigenvalue weighted by Gasteiger charge is 2.25. The van der Waals surface area contributed by atoms with E-state index >= 15 is 0 Å². The molecule has 154 valence electrons. The number of ether oxygens (including phenoxy) is 1. The molecule has 0 saturated heterocycles. The van der Waals surface area contributed by atoms with Crippen LogP contribution in [0.5, 0.6) is 0 Å². The minimum absolute atomic E-state index is 0.00909. The van der Waals surface area contributed by atoms with Crippen LogP contribution in [0, 0.1) is 13.8 Å². The molecule has 0 unspecified atom stereocenters. The first kappa shape index (κ1) is 19.7. The summed E-state index contributed by atoms with van der Waals surface area (Å²) in [6, 6.07) is 5.09. The summed E-state index contributed by atoms with van der Waals surface area (Å²) in [5.74, 6) is -0.252. The topological polar surface area (TPSA) is 107 Å². The number of hydrogen-bond acceptors (Lipinski definition) is 7. The second-order valence-corrected chi connectivity index (χ2v) is 7.29. The number of hydrogen-bond donors (Lipinski definition) is 0. The first-order valence-corrected chi connectivity index (χ1v) is 9.59. The number of carbonyl (C=O) groups is 3. The van der Waals surface area contributed by atoms with Crippen LogP contribution in [0.1, 0.15) is 39.3 Å². The standard InChI is InChI=1S/C21H21N5O4/c1-12-16(13(2)26-21(24-12)22-11-23-26)5-7-20(29)30-10-18(27)14-4-6-17-15(8-14)9-19(28)25(17)3/h4,6,8,11H,5,7,9-10H2,1-3H3. The van der Waals surface area contributed by atoms with Crippen LogP contribution < -0.4 is 4.90 Å². The first-order valence-electron chi connectivity index (χ1n) is 9.59. The third-order valence-electron chi connectivity index (χ3n) is 5.41. The zero-order valence-corrected chi connectivity index (χ0v) is 17.0. The van der Waals surface area contributed by atoms with Gasteiger partial charge in [0, 0.05) is 36.1 Å². The predicted molar refractivity (Wildman–Crippen MR) is 107 cm³/mol. The van der Waals surface area contributed by atoms with Gasteiger partial charge in [-0.05, 0) is 49.6 Å².